The lowest BCUT2D eigenvalue weighted by Crippen LogP contribution is -1.99. The van der Waals surface area contributed by atoms with Crippen LogP contribution in [-0.2, 0) is 0 Å². The second kappa shape index (κ2) is 10.5. The van der Waals surface area contributed by atoms with Crippen molar-refractivity contribution in [1.82, 2.24) is 9.97 Å². The fourth-order valence-corrected chi connectivity index (χ4v) is 3.35. The van der Waals surface area contributed by atoms with Gasteiger partial charge in [-0.05, 0) is 55.3 Å². The van der Waals surface area contributed by atoms with Crippen molar-refractivity contribution in [3.05, 3.63) is 83.9 Å². The molecule has 162 valence electrons. The summed E-state index contributed by atoms with van der Waals surface area (Å²) < 4.78 is 5.77. The molecule has 0 atom stereocenters. The Kier molecular flexibility index (Phi) is 7.08. The van der Waals surface area contributed by atoms with E-state index in [9.17, 15) is 0 Å². The van der Waals surface area contributed by atoms with E-state index in [1.807, 2.05) is 60.7 Å². The van der Waals surface area contributed by atoms with Gasteiger partial charge in [-0.15, -0.1) is 0 Å². The van der Waals surface area contributed by atoms with E-state index >= 15 is 0 Å². The van der Waals surface area contributed by atoms with Crippen LogP contribution in [0, 0.1) is 6.92 Å². The second-order valence-electron chi connectivity index (χ2n) is 7.77. The zero-order chi connectivity index (χ0) is 22.2. The van der Waals surface area contributed by atoms with Gasteiger partial charge in [0.15, 0.2) is 11.6 Å². The van der Waals surface area contributed by atoms with E-state index in [0.717, 1.165) is 40.8 Å². The molecule has 3 aromatic carbocycles. The predicted molar refractivity (Wildman–Crippen MR) is 132 cm³/mol. The van der Waals surface area contributed by atoms with Crippen LogP contribution in [0.1, 0.15) is 37.3 Å². The SMILES string of the molecule is CCCCCOc1ccc(C=NNc2nc(-c3ccc(C)cc3)nc3ccccc23)cc1. The number of ether oxygens (including phenoxy) is 1. The van der Waals surface area contributed by atoms with Gasteiger partial charge in [0.2, 0.25) is 0 Å². The quantitative estimate of drug-likeness (QED) is 0.186. The predicted octanol–water partition coefficient (Wildman–Crippen LogP) is 6.62. The first kappa shape index (κ1) is 21.5. The van der Waals surface area contributed by atoms with Gasteiger partial charge in [0.1, 0.15) is 5.75 Å². The minimum Gasteiger partial charge on any atom is -0.494 e. The van der Waals surface area contributed by atoms with Crippen molar-refractivity contribution in [2.24, 2.45) is 5.10 Å². The Morgan fingerprint density at radius 1 is 0.906 bits per heavy atom. The summed E-state index contributed by atoms with van der Waals surface area (Å²) in [7, 11) is 0. The van der Waals surface area contributed by atoms with Crippen molar-refractivity contribution < 1.29 is 4.74 Å². The Morgan fingerprint density at radius 3 is 2.47 bits per heavy atom. The molecule has 5 heteroatoms. The maximum atomic E-state index is 5.77. The summed E-state index contributed by atoms with van der Waals surface area (Å²) in [6, 6.07) is 24.1. The first-order chi connectivity index (χ1) is 15.7. The van der Waals surface area contributed by atoms with Crippen molar-refractivity contribution in [3.8, 4) is 17.1 Å². The van der Waals surface area contributed by atoms with Crippen molar-refractivity contribution in [3.63, 3.8) is 0 Å². The zero-order valence-corrected chi connectivity index (χ0v) is 18.6. The molecule has 0 saturated carbocycles. The van der Waals surface area contributed by atoms with Crippen LogP contribution < -0.4 is 10.2 Å². The average molecular weight is 425 g/mol. The molecule has 0 fully saturated rings. The highest BCUT2D eigenvalue weighted by Gasteiger charge is 2.08. The van der Waals surface area contributed by atoms with Gasteiger partial charge in [-0.25, -0.2) is 9.97 Å². The Hall–Kier alpha value is -3.73. The summed E-state index contributed by atoms with van der Waals surface area (Å²) in [5, 5.41) is 5.35. The fraction of sp³-hybridized carbons (Fsp3) is 0.222. The third kappa shape index (κ3) is 5.49. The van der Waals surface area contributed by atoms with E-state index in [1.54, 1.807) is 6.21 Å². The zero-order valence-electron chi connectivity index (χ0n) is 18.6. The monoisotopic (exact) mass is 424 g/mol. The van der Waals surface area contributed by atoms with Gasteiger partial charge in [0.05, 0.1) is 18.3 Å². The Bertz CT molecular complexity index is 1180. The summed E-state index contributed by atoms with van der Waals surface area (Å²) in [6.07, 6.45) is 5.25. The highest BCUT2D eigenvalue weighted by Crippen LogP contribution is 2.25. The summed E-state index contributed by atoms with van der Waals surface area (Å²) in [5.74, 6) is 2.24. The van der Waals surface area contributed by atoms with Crippen LogP contribution in [0.25, 0.3) is 22.3 Å². The lowest BCUT2D eigenvalue weighted by Gasteiger charge is -2.08. The number of hydrogen-bond acceptors (Lipinski definition) is 5. The molecule has 32 heavy (non-hydrogen) atoms. The molecule has 4 rings (SSSR count). The number of hydrazone groups is 1. The van der Waals surface area contributed by atoms with Crippen molar-refractivity contribution in [2.45, 2.75) is 33.1 Å². The molecular weight excluding hydrogens is 396 g/mol. The van der Waals surface area contributed by atoms with Crippen LogP contribution in [0.2, 0.25) is 0 Å². The van der Waals surface area contributed by atoms with E-state index in [2.05, 4.69) is 36.5 Å². The van der Waals surface area contributed by atoms with E-state index < -0.39 is 0 Å². The molecule has 0 amide bonds. The second-order valence-corrected chi connectivity index (χ2v) is 7.77. The largest absolute Gasteiger partial charge is 0.494 e. The standard InChI is InChI=1S/C27H28N4O/c1-3-4-7-18-32-23-16-12-21(13-17-23)19-28-31-27-24-8-5-6-9-25(24)29-26(30-27)22-14-10-20(2)11-15-22/h5-6,8-17,19H,3-4,7,18H2,1-2H3,(H,29,30,31). The molecule has 0 radical (unpaired) electrons. The molecule has 0 aliphatic heterocycles. The minimum atomic E-state index is 0.672. The van der Waals surface area contributed by atoms with Gasteiger partial charge < -0.3 is 4.74 Å². The maximum Gasteiger partial charge on any atom is 0.162 e. The normalized spacial score (nSPS) is 11.2. The Labute approximate surface area is 189 Å². The van der Waals surface area contributed by atoms with Crippen LogP contribution in [-0.4, -0.2) is 22.8 Å². The van der Waals surface area contributed by atoms with E-state index in [4.69, 9.17) is 14.7 Å². The number of para-hydroxylation sites is 1. The number of nitrogens with zero attached hydrogens (tertiary/aromatic N) is 3. The summed E-state index contributed by atoms with van der Waals surface area (Å²) >= 11 is 0. The third-order valence-electron chi connectivity index (χ3n) is 5.19. The third-order valence-corrected chi connectivity index (χ3v) is 5.19. The molecule has 0 aliphatic rings. The van der Waals surface area contributed by atoms with E-state index in [-0.39, 0.29) is 0 Å². The number of aryl methyl sites for hydroxylation is 1. The molecule has 5 nitrogen and oxygen atoms in total. The van der Waals surface area contributed by atoms with Crippen molar-refractivity contribution >= 4 is 22.9 Å². The lowest BCUT2D eigenvalue weighted by atomic mass is 10.1. The van der Waals surface area contributed by atoms with Gasteiger partial charge in [0.25, 0.3) is 0 Å². The lowest BCUT2D eigenvalue weighted by molar-refractivity contribution is 0.306. The Morgan fingerprint density at radius 2 is 1.69 bits per heavy atom. The molecule has 1 N–H and O–H groups in total. The highest BCUT2D eigenvalue weighted by atomic mass is 16.5. The first-order valence-electron chi connectivity index (χ1n) is 11.1. The molecule has 0 unspecified atom stereocenters. The Balaban J connectivity index is 1.50. The summed E-state index contributed by atoms with van der Waals surface area (Å²) in [5.41, 5.74) is 7.14. The number of unbranched alkanes of at least 4 members (excludes halogenated alkanes) is 2. The maximum absolute atomic E-state index is 5.77. The van der Waals surface area contributed by atoms with Gasteiger partial charge in [0, 0.05) is 10.9 Å². The van der Waals surface area contributed by atoms with E-state index in [1.165, 1.54) is 18.4 Å². The molecular formula is C27H28N4O. The fourth-order valence-electron chi connectivity index (χ4n) is 3.35. The molecule has 0 aliphatic carbocycles. The van der Waals surface area contributed by atoms with Gasteiger partial charge in [-0.2, -0.15) is 5.10 Å². The number of hydrogen-bond donors (Lipinski definition) is 1. The molecule has 0 bridgehead atoms. The summed E-state index contributed by atoms with van der Waals surface area (Å²) in [4.78, 5) is 9.47. The van der Waals surface area contributed by atoms with Crippen LogP contribution in [0.5, 0.6) is 5.75 Å². The number of nitrogens with one attached hydrogen (secondary N) is 1. The number of fused-ring (bicyclic) bond motifs is 1. The number of anilines is 1. The van der Waals surface area contributed by atoms with Gasteiger partial charge in [-0.3, -0.25) is 5.43 Å². The molecule has 0 spiro atoms. The average Bonchev–Trinajstić information content (AvgIpc) is 2.83. The van der Waals surface area contributed by atoms with E-state index in [0.29, 0.717) is 11.6 Å². The van der Waals surface area contributed by atoms with Crippen molar-refractivity contribution in [1.29, 1.82) is 0 Å². The van der Waals surface area contributed by atoms with Crippen LogP contribution in [0.15, 0.2) is 77.9 Å². The highest BCUT2D eigenvalue weighted by molar-refractivity contribution is 5.91. The molecule has 4 aromatic rings. The number of benzene rings is 3. The minimum absolute atomic E-state index is 0.672. The summed E-state index contributed by atoms with van der Waals surface area (Å²) in [6.45, 7) is 5.01. The van der Waals surface area contributed by atoms with Crippen LogP contribution in [0.4, 0.5) is 5.82 Å². The van der Waals surface area contributed by atoms with Crippen LogP contribution >= 0.6 is 0 Å². The smallest absolute Gasteiger partial charge is 0.162 e. The number of rotatable bonds is 9. The first-order valence-corrected chi connectivity index (χ1v) is 11.1. The molecule has 1 aromatic heterocycles. The van der Waals surface area contributed by atoms with Gasteiger partial charge >= 0.3 is 0 Å². The van der Waals surface area contributed by atoms with Crippen molar-refractivity contribution in [2.75, 3.05) is 12.0 Å². The molecule has 0 saturated heterocycles. The van der Waals surface area contributed by atoms with Crippen LogP contribution in [0.3, 0.4) is 0 Å². The number of aromatic nitrogens is 2. The van der Waals surface area contributed by atoms with Gasteiger partial charge in [-0.1, -0.05) is 61.7 Å². The topological polar surface area (TPSA) is 59.4 Å². The molecule has 1 heterocycles.